The Balaban J connectivity index is 1.93. The lowest BCUT2D eigenvalue weighted by molar-refractivity contribution is 0.169. The minimum Gasteiger partial charge on any atom is -0.392 e. The fourth-order valence-corrected chi connectivity index (χ4v) is 1.71. The van der Waals surface area contributed by atoms with Gasteiger partial charge in [0.1, 0.15) is 0 Å². The largest absolute Gasteiger partial charge is 0.392 e. The second-order valence-corrected chi connectivity index (χ2v) is 4.38. The van der Waals surface area contributed by atoms with E-state index in [-0.39, 0.29) is 6.10 Å². The molecule has 0 radical (unpaired) electrons. The topological polar surface area (TPSA) is 62.4 Å². The summed E-state index contributed by atoms with van der Waals surface area (Å²) in [4.78, 5) is 6.42. The molecular formula is C10H17N3O2. The van der Waals surface area contributed by atoms with Crippen LogP contribution in [0.15, 0.2) is 4.52 Å². The number of hydrogen-bond acceptors (Lipinski definition) is 5. The summed E-state index contributed by atoms with van der Waals surface area (Å²) in [6.07, 6.45) is 0.642. The van der Waals surface area contributed by atoms with Gasteiger partial charge in [0.05, 0.1) is 12.6 Å². The van der Waals surface area contributed by atoms with Crippen molar-refractivity contribution in [1.29, 1.82) is 0 Å². The lowest BCUT2D eigenvalue weighted by Gasteiger charge is -2.10. The molecule has 5 heteroatoms. The summed E-state index contributed by atoms with van der Waals surface area (Å²) in [5.74, 6) is 1.70. The minimum absolute atomic E-state index is 0.197. The molecule has 1 saturated heterocycles. The zero-order valence-corrected chi connectivity index (χ0v) is 9.18. The molecule has 1 aliphatic rings. The first-order valence-corrected chi connectivity index (χ1v) is 5.38. The number of nitrogens with zero attached hydrogens (tertiary/aromatic N) is 3. The lowest BCUT2D eigenvalue weighted by Crippen LogP contribution is -2.21. The van der Waals surface area contributed by atoms with Crippen molar-refractivity contribution in [3.05, 3.63) is 11.7 Å². The standard InChI is InChI=1S/C10H17N3O2/c1-7(2)10-11-9(15-12-10)6-13-4-3-8(14)5-13/h7-8,14H,3-6H2,1-2H3/t8-/m0/s1. The quantitative estimate of drug-likeness (QED) is 0.799. The molecule has 0 aromatic carbocycles. The molecular weight excluding hydrogens is 194 g/mol. The van der Waals surface area contributed by atoms with E-state index >= 15 is 0 Å². The smallest absolute Gasteiger partial charge is 0.240 e. The molecule has 0 amide bonds. The van der Waals surface area contributed by atoms with Crippen molar-refractivity contribution < 1.29 is 9.63 Å². The van der Waals surface area contributed by atoms with Crippen LogP contribution in [0.5, 0.6) is 0 Å². The molecule has 5 nitrogen and oxygen atoms in total. The number of likely N-dealkylation sites (tertiary alicyclic amines) is 1. The summed E-state index contributed by atoms with van der Waals surface area (Å²) in [7, 11) is 0. The maximum Gasteiger partial charge on any atom is 0.240 e. The maximum absolute atomic E-state index is 9.36. The highest BCUT2D eigenvalue weighted by molar-refractivity contribution is 4.92. The Morgan fingerprint density at radius 2 is 2.40 bits per heavy atom. The van der Waals surface area contributed by atoms with Crippen LogP contribution in [0.25, 0.3) is 0 Å². The van der Waals surface area contributed by atoms with Crippen molar-refractivity contribution in [2.45, 2.75) is 38.8 Å². The first-order chi connectivity index (χ1) is 7.15. The van der Waals surface area contributed by atoms with Crippen LogP contribution in [0.3, 0.4) is 0 Å². The highest BCUT2D eigenvalue weighted by Gasteiger charge is 2.22. The molecule has 0 spiro atoms. The van der Waals surface area contributed by atoms with Gasteiger partial charge in [0.25, 0.3) is 0 Å². The number of β-amino-alcohol motifs (C(OH)–C–C–N with tert-alkyl or cyclic N) is 1. The molecule has 2 rings (SSSR count). The molecule has 1 N–H and O–H groups in total. The van der Waals surface area contributed by atoms with Crippen LogP contribution < -0.4 is 0 Å². The van der Waals surface area contributed by atoms with E-state index in [1.165, 1.54) is 0 Å². The normalized spacial score (nSPS) is 22.8. The van der Waals surface area contributed by atoms with Crippen LogP contribution >= 0.6 is 0 Å². The number of aliphatic hydroxyl groups is 1. The van der Waals surface area contributed by atoms with Crippen molar-refractivity contribution in [3.63, 3.8) is 0 Å². The van der Waals surface area contributed by atoms with E-state index in [1.807, 2.05) is 13.8 Å². The van der Waals surface area contributed by atoms with Crippen molar-refractivity contribution in [2.24, 2.45) is 0 Å². The van der Waals surface area contributed by atoms with E-state index in [2.05, 4.69) is 15.0 Å². The molecule has 15 heavy (non-hydrogen) atoms. The van der Waals surface area contributed by atoms with Crippen LogP contribution in [-0.4, -0.2) is 39.3 Å². The zero-order chi connectivity index (χ0) is 10.8. The maximum atomic E-state index is 9.36. The monoisotopic (exact) mass is 211 g/mol. The van der Waals surface area contributed by atoms with Crippen molar-refractivity contribution in [1.82, 2.24) is 15.0 Å². The SMILES string of the molecule is CC(C)c1noc(CN2CC[C@H](O)C2)n1. The van der Waals surface area contributed by atoms with Gasteiger partial charge in [-0.05, 0) is 6.42 Å². The zero-order valence-electron chi connectivity index (χ0n) is 9.18. The Bertz CT molecular complexity index is 324. The molecule has 0 aliphatic carbocycles. The van der Waals surface area contributed by atoms with E-state index < -0.39 is 0 Å². The van der Waals surface area contributed by atoms with Gasteiger partial charge in [-0.3, -0.25) is 4.90 Å². The van der Waals surface area contributed by atoms with Gasteiger partial charge in [0, 0.05) is 19.0 Å². The van der Waals surface area contributed by atoms with Gasteiger partial charge in [-0.15, -0.1) is 0 Å². The number of rotatable bonds is 3. The van der Waals surface area contributed by atoms with E-state index in [0.717, 1.165) is 18.8 Å². The van der Waals surface area contributed by atoms with Crippen LogP contribution in [-0.2, 0) is 6.54 Å². The van der Waals surface area contributed by atoms with Crippen LogP contribution in [0.1, 0.15) is 37.9 Å². The van der Waals surface area contributed by atoms with Gasteiger partial charge in [-0.1, -0.05) is 19.0 Å². The number of hydrogen-bond donors (Lipinski definition) is 1. The third-order valence-electron chi connectivity index (χ3n) is 2.61. The Morgan fingerprint density at radius 3 is 2.93 bits per heavy atom. The molecule has 1 aliphatic heterocycles. The third-order valence-corrected chi connectivity index (χ3v) is 2.61. The van der Waals surface area contributed by atoms with Crippen LogP contribution in [0, 0.1) is 0 Å². The van der Waals surface area contributed by atoms with E-state index in [9.17, 15) is 5.11 Å². The molecule has 1 atom stereocenters. The van der Waals surface area contributed by atoms with Crippen molar-refractivity contribution in [3.8, 4) is 0 Å². The highest BCUT2D eigenvalue weighted by Crippen LogP contribution is 2.14. The van der Waals surface area contributed by atoms with Crippen molar-refractivity contribution in [2.75, 3.05) is 13.1 Å². The summed E-state index contributed by atoms with van der Waals surface area (Å²) in [6, 6.07) is 0. The summed E-state index contributed by atoms with van der Waals surface area (Å²) in [6.45, 7) is 6.33. The summed E-state index contributed by atoms with van der Waals surface area (Å²) >= 11 is 0. The van der Waals surface area contributed by atoms with Crippen LogP contribution in [0.2, 0.25) is 0 Å². The number of aliphatic hydroxyl groups excluding tert-OH is 1. The molecule has 84 valence electrons. The molecule has 0 bridgehead atoms. The van der Waals surface area contributed by atoms with E-state index in [0.29, 0.717) is 24.9 Å². The number of aromatic nitrogens is 2. The Hall–Kier alpha value is -0.940. The van der Waals surface area contributed by atoms with Crippen LogP contribution in [0.4, 0.5) is 0 Å². The van der Waals surface area contributed by atoms with Gasteiger partial charge in [0.15, 0.2) is 5.82 Å². The summed E-state index contributed by atoms with van der Waals surface area (Å²) in [5.41, 5.74) is 0. The highest BCUT2D eigenvalue weighted by atomic mass is 16.5. The Morgan fingerprint density at radius 1 is 1.60 bits per heavy atom. The fourth-order valence-electron chi connectivity index (χ4n) is 1.71. The molecule has 0 unspecified atom stereocenters. The predicted molar refractivity (Wildman–Crippen MR) is 54.3 cm³/mol. The molecule has 1 aromatic rings. The van der Waals surface area contributed by atoms with Gasteiger partial charge in [-0.25, -0.2) is 0 Å². The van der Waals surface area contributed by atoms with Gasteiger partial charge < -0.3 is 9.63 Å². The summed E-state index contributed by atoms with van der Waals surface area (Å²) < 4.78 is 5.14. The third kappa shape index (κ3) is 2.54. The fraction of sp³-hybridized carbons (Fsp3) is 0.800. The van der Waals surface area contributed by atoms with E-state index in [4.69, 9.17) is 4.52 Å². The predicted octanol–water partition coefficient (Wildman–Crippen LogP) is 0.760. The average Bonchev–Trinajstić information content (AvgIpc) is 2.76. The van der Waals surface area contributed by atoms with Gasteiger partial charge >= 0.3 is 0 Å². The lowest BCUT2D eigenvalue weighted by atomic mass is 10.2. The van der Waals surface area contributed by atoms with Gasteiger partial charge in [0.2, 0.25) is 5.89 Å². The summed E-state index contributed by atoms with van der Waals surface area (Å²) in [5, 5.41) is 13.3. The Labute approximate surface area is 89.1 Å². The van der Waals surface area contributed by atoms with Crippen molar-refractivity contribution >= 4 is 0 Å². The molecule has 1 aromatic heterocycles. The Kier molecular flexibility index (Phi) is 3.02. The van der Waals surface area contributed by atoms with E-state index in [1.54, 1.807) is 0 Å². The first-order valence-electron chi connectivity index (χ1n) is 5.38. The minimum atomic E-state index is -0.197. The second kappa shape index (κ2) is 4.28. The first kappa shape index (κ1) is 10.6. The second-order valence-electron chi connectivity index (χ2n) is 4.38. The molecule has 1 fully saturated rings. The molecule has 2 heterocycles. The average molecular weight is 211 g/mol. The van der Waals surface area contributed by atoms with Gasteiger partial charge in [-0.2, -0.15) is 4.98 Å². The molecule has 0 saturated carbocycles.